The predicted molar refractivity (Wildman–Crippen MR) is 71.9 cm³/mol. The van der Waals surface area contributed by atoms with Crippen molar-refractivity contribution in [2.45, 2.75) is 13.5 Å². The van der Waals surface area contributed by atoms with Crippen LogP contribution in [-0.2, 0) is 6.54 Å². The van der Waals surface area contributed by atoms with Crippen molar-refractivity contribution < 1.29 is 4.74 Å². The zero-order valence-electron chi connectivity index (χ0n) is 10.2. The van der Waals surface area contributed by atoms with E-state index < -0.39 is 0 Å². The van der Waals surface area contributed by atoms with Crippen molar-refractivity contribution in [1.82, 2.24) is 4.98 Å². The molecule has 1 heterocycles. The van der Waals surface area contributed by atoms with Gasteiger partial charge in [0.1, 0.15) is 11.8 Å². The molecule has 1 aromatic heterocycles. The molecular weight excluding hydrogens is 246 g/mol. The minimum atomic E-state index is 0.579. The summed E-state index contributed by atoms with van der Waals surface area (Å²) >= 11 is 1.64. The molecule has 2 rings (SSSR count). The van der Waals surface area contributed by atoms with Crippen LogP contribution >= 0.6 is 11.3 Å². The number of para-hydroxylation sites is 1. The molecule has 0 fully saturated rings. The van der Waals surface area contributed by atoms with Gasteiger partial charge in [0.25, 0.3) is 0 Å². The first-order valence-electron chi connectivity index (χ1n) is 5.47. The summed E-state index contributed by atoms with van der Waals surface area (Å²) in [6.07, 6.45) is 1.84. The second kappa shape index (κ2) is 5.52. The van der Waals surface area contributed by atoms with Crippen LogP contribution in [0.2, 0.25) is 0 Å². The number of hydrogen-bond acceptors (Lipinski definition) is 5. The van der Waals surface area contributed by atoms with Gasteiger partial charge in [0.15, 0.2) is 0 Å². The van der Waals surface area contributed by atoms with Gasteiger partial charge in [-0.05, 0) is 19.1 Å². The summed E-state index contributed by atoms with van der Waals surface area (Å²) < 4.78 is 5.26. The van der Waals surface area contributed by atoms with Gasteiger partial charge in [-0.15, -0.1) is 11.3 Å². The first-order valence-corrected chi connectivity index (χ1v) is 6.28. The normalized spacial score (nSPS) is 9.83. The molecule has 0 atom stereocenters. The van der Waals surface area contributed by atoms with Crippen LogP contribution in [0.3, 0.4) is 0 Å². The van der Waals surface area contributed by atoms with Gasteiger partial charge in [0.05, 0.1) is 29.9 Å². The number of anilines is 1. The Morgan fingerprint density at radius 3 is 2.94 bits per heavy atom. The fraction of sp³-hybridized carbons (Fsp3) is 0.231. The zero-order chi connectivity index (χ0) is 13.0. The molecule has 0 unspecified atom stereocenters. The molecule has 2 aromatic rings. The number of thiazole rings is 1. The topological polar surface area (TPSA) is 57.9 Å². The maximum Gasteiger partial charge on any atom is 0.143 e. The molecule has 1 N–H and O–H groups in total. The third-order valence-corrected chi connectivity index (χ3v) is 3.39. The van der Waals surface area contributed by atoms with Crippen LogP contribution in [0.1, 0.15) is 15.4 Å². The highest BCUT2D eigenvalue weighted by molar-refractivity contribution is 7.11. The maximum absolute atomic E-state index is 9.08. The van der Waals surface area contributed by atoms with Gasteiger partial charge >= 0.3 is 0 Å². The molecule has 1 aromatic carbocycles. The summed E-state index contributed by atoms with van der Waals surface area (Å²) in [5.41, 5.74) is 1.31. The average molecular weight is 259 g/mol. The third-order valence-electron chi connectivity index (χ3n) is 2.48. The third kappa shape index (κ3) is 2.60. The molecule has 0 saturated heterocycles. The molecule has 18 heavy (non-hydrogen) atoms. The van der Waals surface area contributed by atoms with Crippen LogP contribution in [-0.4, -0.2) is 12.1 Å². The summed E-state index contributed by atoms with van der Waals surface area (Å²) in [6.45, 7) is 2.61. The highest BCUT2D eigenvalue weighted by atomic mass is 32.1. The average Bonchev–Trinajstić information content (AvgIpc) is 2.81. The number of benzene rings is 1. The Morgan fingerprint density at radius 1 is 1.50 bits per heavy atom. The summed E-state index contributed by atoms with van der Waals surface area (Å²) in [4.78, 5) is 5.32. The molecular formula is C13H13N3OS. The largest absolute Gasteiger partial charge is 0.495 e. The van der Waals surface area contributed by atoms with Crippen LogP contribution in [0.4, 0.5) is 5.69 Å². The van der Waals surface area contributed by atoms with Gasteiger partial charge in [-0.25, -0.2) is 4.98 Å². The van der Waals surface area contributed by atoms with Crippen LogP contribution in [0.15, 0.2) is 24.4 Å². The lowest BCUT2D eigenvalue weighted by atomic mass is 10.2. The van der Waals surface area contributed by atoms with Crippen LogP contribution in [0, 0.1) is 18.3 Å². The Labute approximate surface area is 110 Å². The molecule has 0 amide bonds. The van der Waals surface area contributed by atoms with Crippen molar-refractivity contribution in [2.24, 2.45) is 0 Å². The van der Waals surface area contributed by atoms with E-state index in [-0.39, 0.29) is 0 Å². The summed E-state index contributed by atoms with van der Waals surface area (Å²) in [5.74, 6) is 0.676. The van der Waals surface area contributed by atoms with E-state index in [0.717, 1.165) is 15.6 Å². The van der Waals surface area contributed by atoms with E-state index in [1.165, 1.54) is 0 Å². The number of nitrogens with zero attached hydrogens (tertiary/aromatic N) is 2. The molecule has 92 valence electrons. The van der Waals surface area contributed by atoms with E-state index in [4.69, 9.17) is 10.00 Å². The number of nitrogens with one attached hydrogen (secondary N) is 1. The van der Waals surface area contributed by atoms with Crippen molar-refractivity contribution in [3.05, 3.63) is 39.8 Å². The number of ether oxygens (including phenoxy) is 1. The lowest BCUT2D eigenvalue weighted by Crippen LogP contribution is -2.02. The number of hydrogen-bond donors (Lipinski definition) is 1. The van der Waals surface area contributed by atoms with Crippen molar-refractivity contribution >= 4 is 17.0 Å². The van der Waals surface area contributed by atoms with Crippen LogP contribution in [0.5, 0.6) is 5.75 Å². The van der Waals surface area contributed by atoms with E-state index in [9.17, 15) is 0 Å². The Hall–Kier alpha value is -2.06. The molecule has 0 bridgehead atoms. The van der Waals surface area contributed by atoms with Crippen molar-refractivity contribution in [2.75, 3.05) is 12.4 Å². The second-order valence-corrected chi connectivity index (χ2v) is 5.01. The van der Waals surface area contributed by atoms with Gasteiger partial charge in [-0.2, -0.15) is 5.26 Å². The van der Waals surface area contributed by atoms with Crippen molar-refractivity contribution in [3.8, 4) is 11.8 Å². The standard InChI is InChI=1S/C13H13N3OS/c1-9-15-7-11(18-9)8-16-13-10(6-14)4-3-5-12(13)17-2/h3-5,7,16H,8H2,1-2H3. The second-order valence-electron chi connectivity index (χ2n) is 3.69. The van der Waals surface area contributed by atoms with Crippen LogP contribution < -0.4 is 10.1 Å². The van der Waals surface area contributed by atoms with E-state index in [0.29, 0.717) is 17.9 Å². The van der Waals surface area contributed by atoms with Crippen LogP contribution in [0.25, 0.3) is 0 Å². The van der Waals surface area contributed by atoms with Crippen molar-refractivity contribution in [3.63, 3.8) is 0 Å². The minimum absolute atomic E-state index is 0.579. The smallest absolute Gasteiger partial charge is 0.143 e. The Bertz CT molecular complexity index is 586. The number of aryl methyl sites for hydroxylation is 1. The van der Waals surface area contributed by atoms with E-state index in [1.807, 2.05) is 19.2 Å². The number of nitriles is 1. The van der Waals surface area contributed by atoms with E-state index in [2.05, 4.69) is 16.4 Å². The highest BCUT2D eigenvalue weighted by Crippen LogP contribution is 2.28. The molecule has 0 aliphatic rings. The van der Waals surface area contributed by atoms with Gasteiger partial charge in [-0.1, -0.05) is 6.07 Å². The quantitative estimate of drug-likeness (QED) is 0.917. The van der Waals surface area contributed by atoms with E-state index in [1.54, 1.807) is 30.6 Å². The van der Waals surface area contributed by atoms with Gasteiger partial charge in [-0.3, -0.25) is 0 Å². The molecule has 0 saturated carbocycles. The van der Waals surface area contributed by atoms with Gasteiger partial charge in [0.2, 0.25) is 0 Å². The maximum atomic E-state index is 9.08. The van der Waals surface area contributed by atoms with Gasteiger partial charge < -0.3 is 10.1 Å². The Kier molecular flexibility index (Phi) is 3.80. The molecule has 5 heteroatoms. The van der Waals surface area contributed by atoms with Gasteiger partial charge in [0, 0.05) is 11.1 Å². The number of aromatic nitrogens is 1. The van der Waals surface area contributed by atoms with Crippen molar-refractivity contribution in [1.29, 1.82) is 5.26 Å². The molecule has 0 aliphatic carbocycles. The molecule has 0 aliphatic heterocycles. The highest BCUT2D eigenvalue weighted by Gasteiger charge is 2.08. The Morgan fingerprint density at radius 2 is 2.33 bits per heavy atom. The molecule has 0 radical (unpaired) electrons. The lowest BCUT2D eigenvalue weighted by Gasteiger charge is -2.11. The minimum Gasteiger partial charge on any atom is -0.495 e. The number of methoxy groups -OCH3 is 1. The Balaban J connectivity index is 2.20. The summed E-state index contributed by atoms with van der Waals surface area (Å²) in [6, 6.07) is 7.56. The predicted octanol–water partition coefficient (Wildman–Crippen LogP) is 2.94. The zero-order valence-corrected chi connectivity index (χ0v) is 11.0. The fourth-order valence-corrected chi connectivity index (χ4v) is 2.37. The van der Waals surface area contributed by atoms with E-state index >= 15 is 0 Å². The lowest BCUT2D eigenvalue weighted by molar-refractivity contribution is 0.416. The number of rotatable bonds is 4. The SMILES string of the molecule is COc1cccc(C#N)c1NCc1cnc(C)s1. The molecule has 0 spiro atoms. The fourth-order valence-electron chi connectivity index (χ4n) is 1.64. The monoisotopic (exact) mass is 259 g/mol. The first kappa shape index (κ1) is 12.4. The molecule has 4 nitrogen and oxygen atoms in total. The summed E-state index contributed by atoms with van der Waals surface area (Å²) in [7, 11) is 1.60. The summed E-state index contributed by atoms with van der Waals surface area (Å²) in [5, 5.41) is 13.4. The first-order chi connectivity index (χ1) is 8.74.